The minimum absolute atomic E-state index is 0.0530. The number of anilines is 1. The number of hydrogen-bond acceptors (Lipinski definition) is 5. The summed E-state index contributed by atoms with van der Waals surface area (Å²) >= 11 is 3.00. The molecule has 0 saturated carbocycles. The Labute approximate surface area is 125 Å². The molecule has 1 amide bonds. The summed E-state index contributed by atoms with van der Waals surface area (Å²) in [7, 11) is 0. The van der Waals surface area contributed by atoms with Crippen LogP contribution in [0.15, 0.2) is 34.0 Å². The van der Waals surface area contributed by atoms with Crippen molar-refractivity contribution in [3.05, 3.63) is 40.9 Å². The summed E-state index contributed by atoms with van der Waals surface area (Å²) in [5, 5.41) is 4.64. The quantitative estimate of drug-likeness (QED) is 0.679. The van der Waals surface area contributed by atoms with E-state index in [2.05, 4.69) is 10.3 Å². The van der Waals surface area contributed by atoms with E-state index >= 15 is 0 Å². The third kappa shape index (κ3) is 4.18. The Kier molecular flexibility index (Phi) is 4.92. The normalized spacial score (nSPS) is 10.3. The van der Waals surface area contributed by atoms with Gasteiger partial charge in [-0.25, -0.2) is 4.98 Å². The number of carbonyl (C=O) groups excluding carboxylic acids is 2. The van der Waals surface area contributed by atoms with E-state index in [0.717, 1.165) is 10.0 Å². The Bertz CT molecular complexity index is 620. The molecule has 2 rings (SSSR count). The molecule has 4 nitrogen and oxygen atoms in total. The molecule has 1 aromatic heterocycles. The summed E-state index contributed by atoms with van der Waals surface area (Å²) in [4.78, 5) is 27.2. The maximum Gasteiger partial charge on any atom is 0.221 e. The van der Waals surface area contributed by atoms with Crippen molar-refractivity contribution in [2.45, 2.75) is 18.2 Å². The van der Waals surface area contributed by atoms with Gasteiger partial charge in [0.25, 0.3) is 0 Å². The van der Waals surface area contributed by atoms with Gasteiger partial charge in [0.05, 0.1) is 5.75 Å². The number of Topliss-reactive ketones (excluding diaryl/α,β-unsaturated/α-hetero) is 1. The fourth-order valence-electron chi connectivity index (χ4n) is 1.55. The van der Waals surface area contributed by atoms with Gasteiger partial charge in [-0.3, -0.25) is 9.59 Å². The van der Waals surface area contributed by atoms with Gasteiger partial charge < -0.3 is 5.32 Å². The Morgan fingerprint density at radius 3 is 2.55 bits per heavy atom. The second kappa shape index (κ2) is 6.67. The number of aryl methyl sites for hydroxylation is 1. The van der Waals surface area contributed by atoms with Gasteiger partial charge in [-0.15, -0.1) is 11.3 Å². The molecule has 0 aliphatic heterocycles. The van der Waals surface area contributed by atoms with Gasteiger partial charge in [0, 0.05) is 29.2 Å². The lowest BCUT2D eigenvalue weighted by atomic mass is 10.1. The zero-order valence-electron chi connectivity index (χ0n) is 11.2. The van der Waals surface area contributed by atoms with Crippen molar-refractivity contribution in [1.82, 2.24) is 4.98 Å². The molecule has 104 valence electrons. The Hall–Kier alpha value is -1.66. The lowest BCUT2D eigenvalue weighted by molar-refractivity contribution is -0.114. The number of hydrogen-bond donors (Lipinski definition) is 1. The zero-order chi connectivity index (χ0) is 14.5. The number of nitrogens with one attached hydrogen (secondary N) is 1. The zero-order valence-corrected chi connectivity index (χ0v) is 12.8. The van der Waals surface area contributed by atoms with Crippen molar-refractivity contribution < 1.29 is 9.59 Å². The van der Waals surface area contributed by atoms with Gasteiger partial charge in [0.15, 0.2) is 10.1 Å². The van der Waals surface area contributed by atoms with Gasteiger partial charge >= 0.3 is 0 Å². The van der Waals surface area contributed by atoms with Crippen LogP contribution in [0.2, 0.25) is 0 Å². The number of carbonyl (C=O) groups is 2. The van der Waals surface area contributed by atoms with Crippen LogP contribution >= 0.6 is 23.1 Å². The van der Waals surface area contributed by atoms with Crippen LogP contribution in [0.5, 0.6) is 0 Å². The third-order valence-electron chi connectivity index (χ3n) is 2.45. The molecule has 0 unspecified atom stereocenters. The summed E-state index contributed by atoms with van der Waals surface area (Å²) in [6.07, 6.45) is 0. The van der Waals surface area contributed by atoms with Crippen molar-refractivity contribution in [2.24, 2.45) is 0 Å². The predicted molar refractivity (Wildman–Crippen MR) is 82.7 cm³/mol. The number of thiazole rings is 1. The molecule has 0 radical (unpaired) electrons. The van der Waals surface area contributed by atoms with E-state index in [9.17, 15) is 9.59 Å². The molecule has 1 aromatic carbocycles. The molecule has 0 aliphatic rings. The lowest BCUT2D eigenvalue weighted by Crippen LogP contribution is -2.06. The average molecular weight is 306 g/mol. The van der Waals surface area contributed by atoms with Crippen LogP contribution in [0, 0.1) is 6.92 Å². The van der Waals surface area contributed by atoms with E-state index in [-0.39, 0.29) is 11.7 Å². The molecule has 20 heavy (non-hydrogen) atoms. The first-order valence-electron chi connectivity index (χ1n) is 6.00. The highest BCUT2D eigenvalue weighted by Crippen LogP contribution is 2.23. The highest BCUT2D eigenvalue weighted by atomic mass is 32.2. The number of amides is 1. The van der Waals surface area contributed by atoms with Gasteiger partial charge in [-0.1, -0.05) is 11.8 Å². The Morgan fingerprint density at radius 2 is 2.00 bits per heavy atom. The van der Waals surface area contributed by atoms with Crippen molar-refractivity contribution in [3.8, 4) is 0 Å². The summed E-state index contributed by atoms with van der Waals surface area (Å²) in [5.74, 6) is 0.294. The van der Waals surface area contributed by atoms with Crippen LogP contribution in [0.4, 0.5) is 5.69 Å². The standard InChI is InChI=1S/C14H14N2O2S2/c1-9-7-19-14(15-9)20-8-13(18)11-3-5-12(6-4-11)16-10(2)17/h3-7H,8H2,1-2H3,(H,16,17). The lowest BCUT2D eigenvalue weighted by Gasteiger charge is -2.03. The summed E-state index contributed by atoms with van der Waals surface area (Å²) in [6, 6.07) is 6.90. The average Bonchev–Trinajstić information content (AvgIpc) is 2.82. The van der Waals surface area contributed by atoms with Gasteiger partial charge in [0.1, 0.15) is 0 Å². The van der Waals surface area contributed by atoms with E-state index in [1.165, 1.54) is 18.7 Å². The number of benzene rings is 1. The summed E-state index contributed by atoms with van der Waals surface area (Å²) in [6.45, 7) is 3.38. The molecule has 0 aliphatic carbocycles. The number of nitrogens with zero attached hydrogens (tertiary/aromatic N) is 1. The van der Waals surface area contributed by atoms with E-state index in [1.807, 2.05) is 12.3 Å². The van der Waals surface area contributed by atoms with Crippen LogP contribution < -0.4 is 5.32 Å². The third-order valence-corrected chi connectivity index (χ3v) is 4.59. The van der Waals surface area contributed by atoms with Gasteiger partial charge in [0.2, 0.25) is 5.91 Å². The molecule has 0 atom stereocenters. The van der Waals surface area contributed by atoms with E-state index in [1.54, 1.807) is 35.6 Å². The summed E-state index contributed by atoms with van der Waals surface area (Å²) < 4.78 is 0.908. The topological polar surface area (TPSA) is 59.1 Å². The highest BCUT2D eigenvalue weighted by molar-refractivity contribution is 8.01. The molecule has 1 N–H and O–H groups in total. The Balaban J connectivity index is 1.93. The van der Waals surface area contributed by atoms with E-state index in [0.29, 0.717) is 17.0 Å². The van der Waals surface area contributed by atoms with Gasteiger partial charge in [-0.05, 0) is 31.2 Å². The fourth-order valence-corrected chi connectivity index (χ4v) is 3.30. The van der Waals surface area contributed by atoms with Crippen molar-refractivity contribution in [3.63, 3.8) is 0 Å². The van der Waals surface area contributed by atoms with Gasteiger partial charge in [-0.2, -0.15) is 0 Å². The molecule has 0 bridgehead atoms. The number of ketones is 1. The minimum atomic E-state index is -0.126. The highest BCUT2D eigenvalue weighted by Gasteiger charge is 2.08. The first-order chi connectivity index (χ1) is 9.54. The molecule has 0 saturated heterocycles. The number of rotatable bonds is 5. The molecule has 6 heteroatoms. The van der Waals surface area contributed by atoms with Crippen molar-refractivity contribution in [2.75, 3.05) is 11.1 Å². The second-order valence-electron chi connectivity index (χ2n) is 4.23. The maximum atomic E-state index is 12.0. The largest absolute Gasteiger partial charge is 0.326 e. The SMILES string of the molecule is CC(=O)Nc1ccc(C(=O)CSc2nc(C)cs2)cc1. The molecule has 0 fully saturated rings. The fraction of sp³-hybridized carbons (Fsp3) is 0.214. The predicted octanol–water partition coefficient (Wildman–Crippen LogP) is 3.38. The second-order valence-corrected chi connectivity index (χ2v) is 6.31. The first-order valence-corrected chi connectivity index (χ1v) is 7.87. The maximum absolute atomic E-state index is 12.0. The molecular weight excluding hydrogens is 292 g/mol. The van der Waals surface area contributed by atoms with E-state index < -0.39 is 0 Å². The molecule has 1 heterocycles. The van der Waals surface area contributed by atoms with E-state index in [4.69, 9.17) is 0 Å². The Morgan fingerprint density at radius 1 is 1.30 bits per heavy atom. The molecular formula is C14H14N2O2S2. The molecule has 0 spiro atoms. The summed E-state index contributed by atoms with van der Waals surface area (Å²) in [5.41, 5.74) is 2.31. The van der Waals surface area contributed by atoms with Crippen LogP contribution in [-0.4, -0.2) is 22.4 Å². The number of thioether (sulfide) groups is 1. The van der Waals surface area contributed by atoms with Crippen LogP contribution in [0.3, 0.4) is 0 Å². The van der Waals surface area contributed by atoms with Crippen LogP contribution in [0.25, 0.3) is 0 Å². The minimum Gasteiger partial charge on any atom is -0.326 e. The van der Waals surface area contributed by atoms with Crippen LogP contribution in [-0.2, 0) is 4.79 Å². The monoisotopic (exact) mass is 306 g/mol. The van der Waals surface area contributed by atoms with Crippen molar-refractivity contribution >= 4 is 40.5 Å². The number of aromatic nitrogens is 1. The van der Waals surface area contributed by atoms with Crippen LogP contribution in [0.1, 0.15) is 23.0 Å². The van der Waals surface area contributed by atoms with Crippen molar-refractivity contribution in [1.29, 1.82) is 0 Å². The molecule has 2 aromatic rings. The smallest absolute Gasteiger partial charge is 0.221 e. The first kappa shape index (κ1) is 14.7.